The zero-order valence-electron chi connectivity index (χ0n) is 11.2. The van der Waals surface area contributed by atoms with Gasteiger partial charge in [0.2, 0.25) is 15.9 Å². The Morgan fingerprint density at radius 2 is 1.85 bits per heavy atom. The molecule has 1 atom stereocenters. The van der Waals surface area contributed by atoms with Gasteiger partial charge in [-0.05, 0) is 37.8 Å². The van der Waals surface area contributed by atoms with Crippen molar-refractivity contribution >= 4 is 15.9 Å². The minimum absolute atomic E-state index is 0.149. The lowest BCUT2D eigenvalue weighted by Gasteiger charge is -2.23. The summed E-state index contributed by atoms with van der Waals surface area (Å²) < 4.78 is 26.5. The lowest BCUT2D eigenvalue weighted by atomic mass is 10.2. The normalized spacial score (nSPS) is 23.7. The first-order valence-corrected chi connectivity index (χ1v) is 8.40. The Balaban J connectivity index is 1.82. The summed E-state index contributed by atoms with van der Waals surface area (Å²) in [6.07, 6.45) is 3.34. The van der Waals surface area contributed by atoms with Crippen LogP contribution in [0.3, 0.4) is 0 Å². The molecule has 108 valence electrons. The number of benzene rings is 1. The van der Waals surface area contributed by atoms with E-state index < -0.39 is 16.1 Å². The molecule has 1 unspecified atom stereocenters. The second-order valence-corrected chi connectivity index (χ2v) is 7.26. The van der Waals surface area contributed by atoms with Crippen LogP contribution in [0.5, 0.6) is 0 Å². The largest absolute Gasteiger partial charge is 0.352 e. The van der Waals surface area contributed by atoms with E-state index in [1.165, 1.54) is 4.31 Å². The molecule has 2 fully saturated rings. The highest BCUT2D eigenvalue weighted by Crippen LogP contribution is 2.27. The lowest BCUT2D eigenvalue weighted by molar-refractivity contribution is -0.124. The molecule has 0 aromatic heterocycles. The van der Waals surface area contributed by atoms with E-state index in [4.69, 9.17) is 0 Å². The maximum Gasteiger partial charge on any atom is 0.243 e. The van der Waals surface area contributed by atoms with Crippen LogP contribution in [0, 0.1) is 0 Å². The monoisotopic (exact) mass is 294 g/mol. The van der Waals surface area contributed by atoms with Crippen LogP contribution in [0.15, 0.2) is 35.2 Å². The van der Waals surface area contributed by atoms with Crippen LogP contribution in [0.1, 0.15) is 25.7 Å². The molecule has 1 aromatic carbocycles. The van der Waals surface area contributed by atoms with Gasteiger partial charge in [-0.3, -0.25) is 4.79 Å². The average molecular weight is 294 g/mol. The van der Waals surface area contributed by atoms with E-state index in [0.29, 0.717) is 13.0 Å². The predicted molar refractivity (Wildman–Crippen MR) is 74.5 cm³/mol. The highest BCUT2D eigenvalue weighted by molar-refractivity contribution is 7.89. The molecule has 1 aliphatic carbocycles. The fourth-order valence-electron chi connectivity index (χ4n) is 2.54. The molecule has 0 radical (unpaired) electrons. The fraction of sp³-hybridized carbons (Fsp3) is 0.500. The molecular formula is C14H18N2O3S. The zero-order chi connectivity index (χ0) is 14.2. The summed E-state index contributed by atoms with van der Waals surface area (Å²) in [7, 11) is -3.58. The number of amides is 1. The van der Waals surface area contributed by atoms with Crippen molar-refractivity contribution in [3.8, 4) is 0 Å². The van der Waals surface area contributed by atoms with Crippen LogP contribution in [-0.2, 0) is 14.8 Å². The van der Waals surface area contributed by atoms with E-state index in [1.54, 1.807) is 30.3 Å². The molecule has 1 heterocycles. The highest BCUT2D eigenvalue weighted by Gasteiger charge is 2.40. The van der Waals surface area contributed by atoms with Crippen LogP contribution < -0.4 is 5.32 Å². The van der Waals surface area contributed by atoms with Crippen LogP contribution in [0.4, 0.5) is 0 Å². The molecule has 1 aliphatic heterocycles. The molecule has 20 heavy (non-hydrogen) atoms. The van der Waals surface area contributed by atoms with Gasteiger partial charge in [-0.1, -0.05) is 18.2 Å². The molecule has 6 heteroatoms. The third kappa shape index (κ3) is 2.58. The molecule has 0 spiro atoms. The van der Waals surface area contributed by atoms with Crippen LogP contribution in [-0.4, -0.2) is 37.3 Å². The SMILES string of the molecule is O=C(NC1CC1)C1CCCN1S(=O)(=O)c1ccccc1. The molecule has 2 aliphatic rings. The Morgan fingerprint density at radius 1 is 1.15 bits per heavy atom. The third-order valence-electron chi connectivity index (χ3n) is 3.78. The van der Waals surface area contributed by atoms with Crippen LogP contribution in [0.25, 0.3) is 0 Å². The molecule has 1 saturated heterocycles. The number of carbonyl (C=O) groups excluding carboxylic acids is 1. The van der Waals surface area contributed by atoms with Gasteiger partial charge in [-0.15, -0.1) is 0 Å². The number of hydrogen-bond donors (Lipinski definition) is 1. The molecule has 0 bridgehead atoms. The van der Waals surface area contributed by atoms with Crippen molar-refractivity contribution in [1.82, 2.24) is 9.62 Å². The van der Waals surface area contributed by atoms with Crippen molar-refractivity contribution in [3.05, 3.63) is 30.3 Å². The number of carbonyl (C=O) groups is 1. The van der Waals surface area contributed by atoms with Gasteiger partial charge in [0.25, 0.3) is 0 Å². The van der Waals surface area contributed by atoms with Crippen molar-refractivity contribution in [3.63, 3.8) is 0 Å². The average Bonchev–Trinajstić information content (AvgIpc) is 3.11. The predicted octanol–water partition coefficient (Wildman–Crippen LogP) is 1.12. The summed E-state index contributed by atoms with van der Waals surface area (Å²) in [4.78, 5) is 12.4. The smallest absolute Gasteiger partial charge is 0.243 e. The van der Waals surface area contributed by atoms with Gasteiger partial charge >= 0.3 is 0 Å². The molecule has 1 aromatic rings. The molecule has 1 N–H and O–H groups in total. The summed E-state index contributed by atoms with van der Waals surface area (Å²) in [5.41, 5.74) is 0. The van der Waals surface area contributed by atoms with Gasteiger partial charge in [-0.25, -0.2) is 8.42 Å². The Bertz CT molecular complexity index is 596. The van der Waals surface area contributed by atoms with Gasteiger partial charge in [-0.2, -0.15) is 4.31 Å². The quantitative estimate of drug-likeness (QED) is 0.905. The standard InChI is InChI=1S/C14H18N2O3S/c17-14(15-11-8-9-11)13-7-4-10-16(13)20(18,19)12-5-2-1-3-6-12/h1-3,5-6,11,13H,4,7-10H2,(H,15,17). The molecule has 1 saturated carbocycles. The molecule has 5 nitrogen and oxygen atoms in total. The number of sulfonamides is 1. The first kappa shape index (κ1) is 13.6. The summed E-state index contributed by atoms with van der Waals surface area (Å²) in [6.45, 7) is 0.417. The first-order chi connectivity index (χ1) is 9.59. The summed E-state index contributed by atoms with van der Waals surface area (Å²) in [6, 6.07) is 8.02. The zero-order valence-corrected chi connectivity index (χ0v) is 12.0. The van der Waals surface area contributed by atoms with E-state index in [0.717, 1.165) is 19.3 Å². The van der Waals surface area contributed by atoms with Gasteiger partial charge in [0.1, 0.15) is 6.04 Å². The van der Waals surface area contributed by atoms with Gasteiger partial charge in [0, 0.05) is 12.6 Å². The molecular weight excluding hydrogens is 276 g/mol. The topological polar surface area (TPSA) is 66.5 Å². The second kappa shape index (κ2) is 5.18. The first-order valence-electron chi connectivity index (χ1n) is 6.96. The Hall–Kier alpha value is -1.40. The Kier molecular flexibility index (Phi) is 3.52. The second-order valence-electron chi connectivity index (χ2n) is 5.37. The van der Waals surface area contributed by atoms with Crippen molar-refractivity contribution in [2.45, 2.75) is 42.7 Å². The van der Waals surface area contributed by atoms with Gasteiger partial charge < -0.3 is 5.32 Å². The van der Waals surface area contributed by atoms with E-state index in [1.807, 2.05) is 0 Å². The van der Waals surface area contributed by atoms with Gasteiger partial charge in [0.15, 0.2) is 0 Å². The molecule has 3 rings (SSSR count). The number of hydrogen-bond acceptors (Lipinski definition) is 3. The number of nitrogens with zero attached hydrogens (tertiary/aromatic N) is 1. The lowest BCUT2D eigenvalue weighted by Crippen LogP contribution is -2.46. The maximum atomic E-state index is 12.6. The summed E-state index contributed by atoms with van der Waals surface area (Å²) >= 11 is 0. The van der Waals surface area contributed by atoms with E-state index in [2.05, 4.69) is 5.32 Å². The van der Waals surface area contributed by atoms with Crippen molar-refractivity contribution in [2.75, 3.05) is 6.54 Å². The highest BCUT2D eigenvalue weighted by atomic mass is 32.2. The summed E-state index contributed by atoms with van der Waals surface area (Å²) in [5, 5.41) is 2.90. The van der Waals surface area contributed by atoms with Crippen LogP contribution in [0.2, 0.25) is 0 Å². The fourth-order valence-corrected chi connectivity index (χ4v) is 4.22. The Labute approximate surface area is 119 Å². The van der Waals surface area contributed by atoms with Gasteiger partial charge in [0.05, 0.1) is 4.90 Å². The summed E-state index contributed by atoms with van der Waals surface area (Å²) in [5.74, 6) is -0.149. The number of nitrogens with one attached hydrogen (secondary N) is 1. The van der Waals surface area contributed by atoms with Crippen molar-refractivity contribution in [1.29, 1.82) is 0 Å². The van der Waals surface area contributed by atoms with Crippen molar-refractivity contribution < 1.29 is 13.2 Å². The van der Waals surface area contributed by atoms with Crippen LogP contribution >= 0.6 is 0 Å². The van der Waals surface area contributed by atoms with E-state index in [-0.39, 0.29) is 16.8 Å². The van der Waals surface area contributed by atoms with Crippen molar-refractivity contribution in [2.24, 2.45) is 0 Å². The minimum atomic E-state index is -3.58. The Morgan fingerprint density at radius 3 is 2.50 bits per heavy atom. The maximum absolute atomic E-state index is 12.6. The van der Waals surface area contributed by atoms with E-state index in [9.17, 15) is 13.2 Å². The van der Waals surface area contributed by atoms with E-state index >= 15 is 0 Å². The number of rotatable bonds is 4. The molecule has 1 amide bonds. The minimum Gasteiger partial charge on any atom is -0.352 e. The third-order valence-corrected chi connectivity index (χ3v) is 5.70.